The van der Waals surface area contributed by atoms with E-state index in [2.05, 4.69) is 5.32 Å². The molecule has 18 heavy (non-hydrogen) atoms. The van der Waals surface area contributed by atoms with Crippen molar-refractivity contribution < 1.29 is 14.7 Å². The lowest BCUT2D eigenvalue weighted by atomic mass is 10.1. The highest BCUT2D eigenvalue weighted by molar-refractivity contribution is 5.97. The van der Waals surface area contributed by atoms with E-state index in [0.717, 1.165) is 0 Å². The maximum Gasteiger partial charge on any atom is 0.252 e. The summed E-state index contributed by atoms with van der Waals surface area (Å²) in [4.78, 5) is 24.9. The molecular formula is C13H18N2O3. The maximum absolute atomic E-state index is 11.9. The van der Waals surface area contributed by atoms with Crippen molar-refractivity contribution in [2.24, 2.45) is 0 Å². The van der Waals surface area contributed by atoms with Crippen LogP contribution in [0.2, 0.25) is 0 Å². The fraction of sp³-hybridized carbons (Fsp3) is 0.385. The van der Waals surface area contributed by atoms with E-state index in [1.807, 2.05) is 0 Å². The Labute approximate surface area is 106 Å². The molecule has 5 heteroatoms. The van der Waals surface area contributed by atoms with Gasteiger partial charge in [-0.25, -0.2) is 0 Å². The van der Waals surface area contributed by atoms with E-state index in [4.69, 9.17) is 0 Å². The quantitative estimate of drug-likeness (QED) is 0.837. The molecule has 1 aromatic rings. The van der Waals surface area contributed by atoms with E-state index in [1.165, 1.54) is 11.0 Å². The van der Waals surface area contributed by atoms with Crippen LogP contribution in [-0.4, -0.2) is 42.0 Å². The summed E-state index contributed by atoms with van der Waals surface area (Å²) >= 11 is 0. The molecule has 0 aliphatic rings. The number of aryl methyl sites for hydroxylation is 1. The Morgan fingerprint density at radius 2 is 1.94 bits per heavy atom. The minimum Gasteiger partial charge on any atom is -0.508 e. The van der Waals surface area contributed by atoms with Gasteiger partial charge in [-0.05, 0) is 31.5 Å². The van der Waals surface area contributed by atoms with Gasteiger partial charge in [-0.3, -0.25) is 9.59 Å². The van der Waals surface area contributed by atoms with E-state index in [1.54, 1.807) is 40.1 Å². The Morgan fingerprint density at radius 3 is 2.44 bits per heavy atom. The van der Waals surface area contributed by atoms with E-state index >= 15 is 0 Å². The molecule has 0 heterocycles. The van der Waals surface area contributed by atoms with Crippen LogP contribution in [0.4, 0.5) is 0 Å². The monoisotopic (exact) mass is 250 g/mol. The summed E-state index contributed by atoms with van der Waals surface area (Å²) in [6.07, 6.45) is 0. The smallest absolute Gasteiger partial charge is 0.252 e. The fourth-order valence-corrected chi connectivity index (χ4v) is 1.48. The second-order valence-corrected chi connectivity index (χ2v) is 4.43. The zero-order chi connectivity index (χ0) is 13.9. The predicted molar refractivity (Wildman–Crippen MR) is 68.5 cm³/mol. The summed E-state index contributed by atoms with van der Waals surface area (Å²) in [5.74, 6) is -0.498. The van der Waals surface area contributed by atoms with Gasteiger partial charge < -0.3 is 15.3 Å². The number of carbonyl (C=O) groups excluding carboxylic acids is 2. The lowest BCUT2D eigenvalue weighted by molar-refractivity contribution is -0.130. The first-order valence-electron chi connectivity index (χ1n) is 5.64. The molecule has 0 aliphatic carbocycles. The van der Waals surface area contributed by atoms with Gasteiger partial charge in [0.25, 0.3) is 5.91 Å². The molecule has 0 saturated heterocycles. The van der Waals surface area contributed by atoms with Crippen molar-refractivity contribution in [1.82, 2.24) is 10.2 Å². The molecule has 2 amide bonds. The Bertz CT molecular complexity index is 469. The number of benzene rings is 1. The molecule has 0 aromatic heterocycles. The molecule has 0 fully saturated rings. The Hall–Kier alpha value is -2.04. The van der Waals surface area contributed by atoms with Gasteiger partial charge in [0.15, 0.2) is 0 Å². The van der Waals surface area contributed by atoms with Gasteiger partial charge in [-0.15, -0.1) is 0 Å². The summed E-state index contributed by atoms with van der Waals surface area (Å²) in [5.41, 5.74) is 1.03. The highest BCUT2D eigenvalue weighted by atomic mass is 16.3. The van der Waals surface area contributed by atoms with Gasteiger partial charge in [0.05, 0.1) is 0 Å². The first kappa shape index (κ1) is 14.0. The highest BCUT2D eigenvalue weighted by Gasteiger charge is 2.18. The Morgan fingerprint density at radius 1 is 1.33 bits per heavy atom. The molecular weight excluding hydrogens is 232 g/mol. The van der Waals surface area contributed by atoms with Crippen molar-refractivity contribution in [3.05, 3.63) is 29.3 Å². The van der Waals surface area contributed by atoms with Crippen molar-refractivity contribution in [2.45, 2.75) is 19.9 Å². The SMILES string of the molecule is Cc1ccc(C(=O)NC(C)C(=O)N(C)C)cc1O. The molecule has 0 spiro atoms. The summed E-state index contributed by atoms with van der Waals surface area (Å²) in [7, 11) is 3.26. The summed E-state index contributed by atoms with van der Waals surface area (Å²) in [5, 5.41) is 12.1. The van der Waals surface area contributed by atoms with Crippen LogP contribution in [-0.2, 0) is 4.79 Å². The lowest BCUT2D eigenvalue weighted by Gasteiger charge is -2.18. The average Bonchev–Trinajstić information content (AvgIpc) is 2.31. The van der Waals surface area contributed by atoms with Crippen molar-refractivity contribution in [2.75, 3.05) is 14.1 Å². The lowest BCUT2D eigenvalue weighted by Crippen LogP contribution is -2.44. The van der Waals surface area contributed by atoms with Gasteiger partial charge >= 0.3 is 0 Å². The molecule has 1 rings (SSSR count). The summed E-state index contributed by atoms with van der Waals surface area (Å²) < 4.78 is 0. The van der Waals surface area contributed by atoms with Crippen LogP contribution in [0.1, 0.15) is 22.8 Å². The van der Waals surface area contributed by atoms with E-state index < -0.39 is 6.04 Å². The normalized spacial score (nSPS) is 11.8. The number of carbonyl (C=O) groups is 2. The molecule has 0 radical (unpaired) electrons. The van der Waals surface area contributed by atoms with Gasteiger partial charge in [-0.2, -0.15) is 0 Å². The topological polar surface area (TPSA) is 69.6 Å². The summed E-state index contributed by atoms with van der Waals surface area (Å²) in [6.45, 7) is 3.36. The summed E-state index contributed by atoms with van der Waals surface area (Å²) in [6, 6.07) is 4.05. The van der Waals surface area contributed by atoms with Crippen LogP contribution < -0.4 is 5.32 Å². The number of nitrogens with one attached hydrogen (secondary N) is 1. The van der Waals surface area contributed by atoms with E-state index in [0.29, 0.717) is 11.1 Å². The minimum absolute atomic E-state index is 0.0641. The maximum atomic E-state index is 11.9. The van der Waals surface area contributed by atoms with Crippen LogP contribution >= 0.6 is 0 Å². The third-order valence-electron chi connectivity index (χ3n) is 2.63. The second kappa shape index (κ2) is 5.53. The van der Waals surface area contributed by atoms with Crippen molar-refractivity contribution in [1.29, 1.82) is 0 Å². The van der Waals surface area contributed by atoms with Gasteiger partial charge in [0.1, 0.15) is 11.8 Å². The number of aromatic hydroxyl groups is 1. The number of phenols is 1. The van der Waals surface area contributed by atoms with Gasteiger partial charge in [-0.1, -0.05) is 6.07 Å². The highest BCUT2D eigenvalue weighted by Crippen LogP contribution is 2.17. The first-order valence-corrected chi connectivity index (χ1v) is 5.64. The van der Waals surface area contributed by atoms with E-state index in [-0.39, 0.29) is 17.6 Å². The second-order valence-electron chi connectivity index (χ2n) is 4.43. The zero-order valence-electron chi connectivity index (χ0n) is 11.0. The van der Waals surface area contributed by atoms with Crippen LogP contribution in [0.5, 0.6) is 5.75 Å². The first-order chi connectivity index (χ1) is 8.32. The van der Waals surface area contributed by atoms with Gasteiger partial charge in [0, 0.05) is 19.7 Å². The van der Waals surface area contributed by atoms with Crippen molar-refractivity contribution >= 4 is 11.8 Å². The minimum atomic E-state index is -0.601. The van der Waals surface area contributed by atoms with Crippen molar-refractivity contribution in [3.8, 4) is 5.75 Å². The molecule has 2 N–H and O–H groups in total. The number of hydrogen-bond acceptors (Lipinski definition) is 3. The Kier molecular flexibility index (Phi) is 4.31. The van der Waals surface area contributed by atoms with Crippen molar-refractivity contribution in [3.63, 3.8) is 0 Å². The number of rotatable bonds is 3. The molecule has 1 aromatic carbocycles. The third kappa shape index (κ3) is 3.23. The molecule has 5 nitrogen and oxygen atoms in total. The number of nitrogens with zero attached hydrogens (tertiary/aromatic N) is 1. The molecule has 1 unspecified atom stereocenters. The number of likely N-dealkylation sites (N-methyl/N-ethyl adjacent to an activating group) is 1. The number of amides is 2. The fourth-order valence-electron chi connectivity index (χ4n) is 1.48. The molecule has 98 valence electrons. The zero-order valence-corrected chi connectivity index (χ0v) is 11.0. The molecule has 0 bridgehead atoms. The van der Waals surface area contributed by atoms with Crippen LogP contribution in [0.25, 0.3) is 0 Å². The molecule has 0 saturated carbocycles. The molecule has 1 atom stereocenters. The van der Waals surface area contributed by atoms with Crippen LogP contribution in [0.15, 0.2) is 18.2 Å². The molecule has 0 aliphatic heterocycles. The van der Waals surface area contributed by atoms with Crippen LogP contribution in [0.3, 0.4) is 0 Å². The number of hydrogen-bond donors (Lipinski definition) is 2. The Balaban J connectivity index is 2.76. The number of phenolic OH excluding ortho intramolecular Hbond substituents is 1. The average molecular weight is 250 g/mol. The van der Waals surface area contributed by atoms with Gasteiger partial charge in [0.2, 0.25) is 5.91 Å². The third-order valence-corrected chi connectivity index (χ3v) is 2.63. The van der Waals surface area contributed by atoms with E-state index in [9.17, 15) is 14.7 Å². The predicted octanol–water partition coefficient (Wildman–Crippen LogP) is 0.907. The largest absolute Gasteiger partial charge is 0.508 e. The standard InChI is InChI=1S/C13H18N2O3/c1-8-5-6-10(7-11(8)16)12(17)14-9(2)13(18)15(3)4/h5-7,9,16H,1-4H3,(H,14,17). The van der Waals surface area contributed by atoms with Crippen LogP contribution in [0, 0.1) is 6.92 Å².